The summed E-state index contributed by atoms with van der Waals surface area (Å²) in [6.45, 7) is 7.48. The first-order valence-electron chi connectivity index (χ1n) is 7.40. The molecule has 3 heterocycles. The van der Waals surface area contributed by atoms with E-state index in [9.17, 15) is 9.59 Å². The van der Waals surface area contributed by atoms with Crippen molar-refractivity contribution in [3.63, 3.8) is 0 Å². The maximum absolute atomic E-state index is 12.9. The lowest BCUT2D eigenvalue weighted by molar-refractivity contribution is -0.220. The van der Waals surface area contributed by atoms with Gasteiger partial charge >= 0.3 is 6.03 Å². The maximum Gasteiger partial charge on any atom is 0.358 e. The minimum absolute atomic E-state index is 0.177. The molecule has 2 amide bonds. The van der Waals surface area contributed by atoms with Gasteiger partial charge in [0.25, 0.3) is 11.8 Å². The Morgan fingerprint density at radius 2 is 1.55 bits per heavy atom. The summed E-state index contributed by atoms with van der Waals surface area (Å²) in [5, 5.41) is 0. The zero-order valence-corrected chi connectivity index (χ0v) is 13.0. The van der Waals surface area contributed by atoms with E-state index < -0.39 is 23.7 Å². The van der Waals surface area contributed by atoms with E-state index in [-0.39, 0.29) is 11.8 Å². The summed E-state index contributed by atoms with van der Waals surface area (Å²) in [6, 6.07) is 5.81. The van der Waals surface area contributed by atoms with Gasteiger partial charge in [-0.3, -0.25) is 9.59 Å². The van der Waals surface area contributed by atoms with Crippen molar-refractivity contribution >= 4 is 23.2 Å². The number of nitrogens with zero attached hydrogens (tertiary/aromatic N) is 2. The summed E-state index contributed by atoms with van der Waals surface area (Å²) in [5.74, 6) is -0.373. The molecule has 0 saturated carbocycles. The standard InChI is InChI=1S/C16H18N2O4/c1-9-13(19)17-10-7-5-6-8-11(10)18-14(20)12(15(2,3)4)22-16(17,18)21-9/h5-9,12H,1-4H3/t9-,12+,16?/m1/s1. The predicted octanol–water partition coefficient (Wildman–Crippen LogP) is 1.84. The molecule has 0 radical (unpaired) electrons. The van der Waals surface area contributed by atoms with Crippen molar-refractivity contribution in [2.75, 3.05) is 9.80 Å². The highest BCUT2D eigenvalue weighted by Crippen LogP contribution is 2.55. The Morgan fingerprint density at radius 1 is 1.00 bits per heavy atom. The van der Waals surface area contributed by atoms with Crippen LogP contribution in [0.25, 0.3) is 0 Å². The summed E-state index contributed by atoms with van der Waals surface area (Å²) >= 11 is 0. The van der Waals surface area contributed by atoms with E-state index in [4.69, 9.17) is 9.47 Å². The van der Waals surface area contributed by atoms with Crippen LogP contribution in [0.1, 0.15) is 27.7 Å². The number of carbonyl (C=O) groups excluding carboxylic acids is 2. The lowest BCUT2D eigenvalue weighted by Gasteiger charge is -2.30. The fourth-order valence-electron chi connectivity index (χ4n) is 3.33. The monoisotopic (exact) mass is 302 g/mol. The molecular formula is C16H18N2O4. The number of fused-ring (bicyclic) bond motifs is 3. The van der Waals surface area contributed by atoms with Crippen molar-refractivity contribution < 1.29 is 19.1 Å². The Hall–Kier alpha value is -1.92. The van der Waals surface area contributed by atoms with Gasteiger partial charge in [0.05, 0.1) is 11.4 Å². The topological polar surface area (TPSA) is 59.1 Å². The van der Waals surface area contributed by atoms with Crippen molar-refractivity contribution in [2.45, 2.75) is 45.9 Å². The number of para-hydroxylation sites is 2. The second-order valence-corrected chi connectivity index (χ2v) is 7.01. The summed E-state index contributed by atoms with van der Waals surface area (Å²) in [4.78, 5) is 28.4. The van der Waals surface area contributed by atoms with Gasteiger partial charge in [-0.1, -0.05) is 32.9 Å². The average Bonchev–Trinajstić information content (AvgIpc) is 2.96. The molecular weight excluding hydrogens is 284 g/mol. The van der Waals surface area contributed by atoms with Crippen LogP contribution in [-0.4, -0.2) is 30.1 Å². The van der Waals surface area contributed by atoms with E-state index in [1.807, 2.05) is 39.0 Å². The third-order valence-corrected chi connectivity index (χ3v) is 4.33. The largest absolute Gasteiger partial charge is 0.358 e. The molecule has 4 rings (SSSR count). The number of hydrogen-bond donors (Lipinski definition) is 0. The van der Waals surface area contributed by atoms with Crippen molar-refractivity contribution in [2.24, 2.45) is 5.41 Å². The molecule has 22 heavy (non-hydrogen) atoms. The van der Waals surface area contributed by atoms with Crippen LogP contribution >= 0.6 is 0 Å². The second-order valence-electron chi connectivity index (χ2n) is 7.01. The number of anilines is 2. The third-order valence-electron chi connectivity index (χ3n) is 4.33. The minimum Gasteiger partial charge on any atom is -0.301 e. The molecule has 3 aliphatic heterocycles. The Morgan fingerprint density at radius 3 is 2.09 bits per heavy atom. The first-order valence-corrected chi connectivity index (χ1v) is 7.40. The lowest BCUT2D eigenvalue weighted by atomic mass is 9.88. The van der Waals surface area contributed by atoms with Crippen LogP contribution < -0.4 is 9.80 Å². The number of rotatable bonds is 0. The van der Waals surface area contributed by atoms with Crippen LogP contribution in [0.5, 0.6) is 0 Å². The van der Waals surface area contributed by atoms with Crippen molar-refractivity contribution in [1.82, 2.24) is 0 Å². The van der Waals surface area contributed by atoms with Crippen LogP contribution in [-0.2, 0) is 19.1 Å². The molecule has 0 bridgehead atoms. The Bertz CT molecular complexity index is 696. The number of amides is 2. The van der Waals surface area contributed by atoms with Gasteiger partial charge in [0.15, 0.2) is 0 Å². The summed E-state index contributed by atoms with van der Waals surface area (Å²) < 4.78 is 11.9. The summed E-state index contributed by atoms with van der Waals surface area (Å²) in [6.07, 6.45) is -1.32. The Balaban J connectivity index is 1.93. The first kappa shape index (κ1) is 13.7. The molecule has 1 aromatic carbocycles. The summed E-state index contributed by atoms with van der Waals surface area (Å²) in [7, 11) is 0. The number of carbonyl (C=O) groups is 2. The number of ether oxygens (including phenoxy) is 2. The van der Waals surface area contributed by atoms with E-state index in [1.165, 1.54) is 9.80 Å². The smallest absolute Gasteiger partial charge is 0.301 e. The highest BCUT2D eigenvalue weighted by molar-refractivity contribution is 6.13. The van der Waals surface area contributed by atoms with Crippen LogP contribution in [0, 0.1) is 5.41 Å². The molecule has 6 heteroatoms. The zero-order chi connectivity index (χ0) is 15.9. The summed E-state index contributed by atoms with van der Waals surface area (Å²) in [5.41, 5.74) is 0.909. The van der Waals surface area contributed by atoms with E-state index in [2.05, 4.69) is 0 Å². The maximum atomic E-state index is 12.9. The van der Waals surface area contributed by atoms with Crippen LogP contribution in [0.15, 0.2) is 24.3 Å². The molecule has 116 valence electrons. The van der Waals surface area contributed by atoms with Gasteiger partial charge < -0.3 is 9.47 Å². The van der Waals surface area contributed by atoms with Crippen LogP contribution in [0.4, 0.5) is 11.4 Å². The van der Waals surface area contributed by atoms with Gasteiger partial charge in [-0.05, 0) is 24.5 Å². The molecule has 0 aliphatic carbocycles. The number of hydrogen-bond acceptors (Lipinski definition) is 4. The Kier molecular flexibility index (Phi) is 2.42. The van der Waals surface area contributed by atoms with Gasteiger partial charge in [-0.25, -0.2) is 9.80 Å². The van der Waals surface area contributed by atoms with Crippen LogP contribution in [0.3, 0.4) is 0 Å². The molecule has 0 N–H and O–H groups in total. The molecule has 3 aliphatic rings. The van der Waals surface area contributed by atoms with Crippen LogP contribution in [0.2, 0.25) is 0 Å². The van der Waals surface area contributed by atoms with Crippen molar-refractivity contribution in [1.29, 1.82) is 0 Å². The SMILES string of the molecule is C[C@H]1OC23O[C@H](C(C)(C)C)C(=O)N2c2ccccc2N3C1=O. The normalized spacial score (nSPS) is 33.3. The van der Waals surface area contributed by atoms with E-state index in [0.717, 1.165) is 0 Å². The molecule has 1 aromatic rings. The molecule has 1 unspecified atom stereocenters. The minimum atomic E-state index is -1.46. The van der Waals surface area contributed by atoms with Gasteiger partial charge in [-0.2, -0.15) is 0 Å². The van der Waals surface area contributed by atoms with E-state index >= 15 is 0 Å². The van der Waals surface area contributed by atoms with Gasteiger partial charge in [0.2, 0.25) is 0 Å². The van der Waals surface area contributed by atoms with Gasteiger partial charge in [0.1, 0.15) is 12.2 Å². The highest BCUT2D eigenvalue weighted by Gasteiger charge is 2.70. The molecule has 6 nitrogen and oxygen atoms in total. The van der Waals surface area contributed by atoms with Gasteiger partial charge in [-0.15, -0.1) is 0 Å². The van der Waals surface area contributed by atoms with Crippen molar-refractivity contribution in [3.8, 4) is 0 Å². The zero-order valence-electron chi connectivity index (χ0n) is 13.0. The molecule has 1 spiro atoms. The third kappa shape index (κ3) is 1.41. The molecule has 0 aromatic heterocycles. The molecule has 2 saturated heterocycles. The lowest BCUT2D eigenvalue weighted by Crippen LogP contribution is -2.53. The molecule has 3 atom stereocenters. The second kappa shape index (κ2) is 3.88. The van der Waals surface area contributed by atoms with E-state index in [0.29, 0.717) is 11.4 Å². The highest BCUT2D eigenvalue weighted by atomic mass is 16.8. The predicted molar refractivity (Wildman–Crippen MR) is 79.0 cm³/mol. The average molecular weight is 302 g/mol. The number of benzene rings is 1. The van der Waals surface area contributed by atoms with E-state index in [1.54, 1.807) is 13.0 Å². The quantitative estimate of drug-likeness (QED) is 0.734. The Labute approximate surface area is 128 Å². The fourth-order valence-corrected chi connectivity index (χ4v) is 3.33. The molecule has 2 fully saturated rings. The fraction of sp³-hybridized carbons (Fsp3) is 0.500. The van der Waals surface area contributed by atoms with Crippen molar-refractivity contribution in [3.05, 3.63) is 24.3 Å². The first-order chi connectivity index (χ1) is 10.3. The van der Waals surface area contributed by atoms with Gasteiger partial charge in [0, 0.05) is 0 Å².